The second kappa shape index (κ2) is 8.06. The van der Waals surface area contributed by atoms with Crippen LogP contribution in [0.2, 0.25) is 0 Å². The molecule has 1 aromatic carbocycles. The lowest BCUT2D eigenvalue weighted by Gasteiger charge is -2.28. The van der Waals surface area contributed by atoms with Gasteiger partial charge in [0.15, 0.2) is 6.29 Å². The number of carbonyl (C=O) groups is 2. The molecule has 4 heteroatoms. The number of aldehydes is 1. The van der Waals surface area contributed by atoms with Gasteiger partial charge in [-0.1, -0.05) is 31.2 Å². The number of rotatable bonds is 5. The number of hydrogen-bond donors (Lipinski definition) is 0. The average molecular weight is 337 g/mol. The zero-order valence-corrected chi connectivity index (χ0v) is 14.5. The van der Waals surface area contributed by atoms with Crippen LogP contribution in [0.15, 0.2) is 42.6 Å². The Morgan fingerprint density at radius 2 is 1.84 bits per heavy atom. The van der Waals surface area contributed by atoms with Crippen LogP contribution in [-0.4, -0.2) is 23.3 Å². The molecule has 0 saturated heterocycles. The number of pyridine rings is 1. The van der Waals surface area contributed by atoms with E-state index < -0.39 is 0 Å². The topological polar surface area (TPSA) is 56.3 Å². The van der Waals surface area contributed by atoms with Crippen molar-refractivity contribution in [3.63, 3.8) is 0 Å². The third-order valence-electron chi connectivity index (χ3n) is 4.86. The Bertz CT molecular complexity index is 714. The Kier molecular flexibility index (Phi) is 5.59. The maximum atomic E-state index is 11.4. The van der Waals surface area contributed by atoms with Gasteiger partial charge in [0.25, 0.3) is 0 Å². The molecule has 0 atom stereocenters. The zero-order chi connectivity index (χ0) is 17.6. The van der Waals surface area contributed by atoms with E-state index in [9.17, 15) is 9.59 Å². The number of aromatic nitrogens is 1. The number of carbonyl (C=O) groups excluding carboxylic acids is 2. The summed E-state index contributed by atoms with van der Waals surface area (Å²) in [5, 5.41) is 0. The van der Waals surface area contributed by atoms with Crippen molar-refractivity contribution in [1.82, 2.24) is 4.98 Å². The van der Waals surface area contributed by atoms with Crippen molar-refractivity contribution in [2.24, 2.45) is 0 Å². The van der Waals surface area contributed by atoms with Gasteiger partial charge in [-0.3, -0.25) is 14.6 Å². The molecule has 130 valence electrons. The first-order valence-electron chi connectivity index (χ1n) is 8.90. The molecule has 0 aliphatic heterocycles. The number of esters is 1. The monoisotopic (exact) mass is 337 g/mol. The first kappa shape index (κ1) is 17.3. The lowest BCUT2D eigenvalue weighted by molar-refractivity contribution is -0.150. The molecule has 0 bridgehead atoms. The van der Waals surface area contributed by atoms with Gasteiger partial charge in [0.05, 0.1) is 5.69 Å². The molecule has 0 unspecified atom stereocenters. The summed E-state index contributed by atoms with van der Waals surface area (Å²) in [7, 11) is 0. The van der Waals surface area contributed by atoms with E-state index in [0.29, 0.717) is 17.9 Å². The lowest BCUT2D eigenvalue weighted by Crippen LogP contribution is -2.23. The van der Waals surface area contributed by atoms with Gasteiger partial charge in [-0.25, -0.2) is 0 Å². The van der Waals surface area contributed by atoms with Crippen LogP contribution in [0.25, 0.3) is 11.3 Å². The van der Waals surface area contributed by atoms with Crippen molar-refractivity contribution in [2.45, 2.75) is 51.0 Å². The van der Waals surface area contributed by atoms with Crippen molar-refractivity contribution in [3.05, 3.63) is 53.7 Å². The van der Waals surface area contributed by atoms with Crippen LogP contribution >= 0.6 is 0 Å². The van der Waals surface area contributed by atoms with E-state index in [1.54, 1.807) is 12.3 Å². The highest BCUT2D eigenvalue weighted by Gasteiger charge is 2.24. The maximum absolute atomic E-state index is 11.4. The van der Waals surface area contributed by atoms with E-state index >= 15 is 0 Å². The first-order chi connectivity index (χ1) is 12.2. The zero-order valence-electron chi connectivity index (χ0n) is 14.5. The number of nitrogens with zero attached hydrogens (tertiary/aromatic N) is 1. The Hall–Kier alpha value is -2.49. The Morgan fingerprint density at radius 3 is 2.40 bits per heavy atom. The molecule has 1 heterocycles. The highest BCUT2D eigenvalue weighted by Crippen LogP contribution is 2.34. The number of ether oxygens (including phenoxy) is 1. The maximum Gasteiger partial charge on any atom is 0.305 e. The minimum absolute atomic E-state index is 0.0866. The summed E-state index contributed by atoms with van der Waals surface area (Å²) in [6.07, 6.45) is 6.90. The summed E-state index contributed by atoms with van der Waals surface area (Å²) in [6.45, 7) is 1.83. The fourth-order valence-corrected chi connectivity index (χ4v) is 3.36. The van der Waals surface area contributed by atoms with Gasteiger partial charge in [0.1, 0.15) is 6.10 Å². The fraction of sp³-hybridized carbons (Fsp3) is 0.381. The van der Waals surface area contributed by atoms with Gasteiger partial charge in [0.2, 0.25) is 0 Å². The molecule has 1 aliphatic carbocycles. The van der Waals surface area contributed by atoms with Gasteiger partial charge in [-0.05, 0) is 49.3 Å². The highest BCUT2D eigenvalue weighted by atomic mass is 16.5. The van der Waals surface area contributed by atoms with Gasteiger partial charge in [-0.15, -0.1) is 0 Å². The van der Waals surface area contributed by atoms with Gasteiger partial charge in [0, 0.05) is 23.7 Å². The minimum atomic E-state index is -0.0964. The molecule has 0 amide bonds. The van der Waals surface area contributed by atoms with Crippen molar-refractivity contribution >= 4 is 12.3 Å². The predicted octanol–water partition coefficient (Wildman–Crippen LogP) is 4.54. The van der Waals surface area contributed by atoms with Crippen LogP contribution < -0.4 is 0 Å². The molecule has 4 nitrogen and oxygen atoms in total. The summed E-state index contributed by atoms with van der Waals surface area (Å²) < 4.78 is 5.45. The molecule has 2 aromatic rings. The molecule has 1 aromatic heterocycles. The highest BCUT2D eigenvalue weighted by molar-refractivity contribution is 5.75. The third-order valence-corrected chi connectivity index (χ3v) is 4.86. The van der Waals surface area contributed by atoms with E-state index in [1.165, 1.54) is 5.56 Å². The fourth-order valence-electron chi connectivity index (χ4n) is 3.36. The van der Waals surface area contributed by atoms with Crippen molar-refractivity contribution in [2.75, 3.05) is 0 Å². The molecule has 25 heavy (non-hydrogen) atoms. The van der Waals surface area contributed by atoms with Crippen LogP contribution in [-0.2, 0) is 9.53 Å². The van der Waals surface area contributed by atoms with Crippen molar-refractivity contribution in [3.8, 4) is 11.3 Å². The molecule has 3 rings (SSSR count). The quantitative estimate of drug-likeness (QED) is 0.594. The van der Waals surface area contributed by atoms with Gasteiger partial charge < -0.3 is 4.74 Å². The SMILES string of the molecule is CCC(=O)OC1CCC(c2ccc(-c3ccc(C=O)cn3)cc2)CC1. The average Bonchev–Trinajstić information content (AvgIpc) is 2.69. The largest absolute Gasteiger partial charge is 0.462 e. The molecule has 1 aliphatic rings. The summed E-state index contributed by atoms with van der Waals surface area (Å²) in [5.74, 6) is 0.428. The molecule has 0 radical (unpaired) electrons. The standard InChI is InChI=1S/C21H23NO3/c1-2-21(24)25-19-10-8-17(9-11-19)16-4-6-18(7-5-16)20-12-3-15(14-23)13-22-20/h3-7,12-14,17,19H,2,8-11H2,1H3. The van der Waals surface area contributed by atoms with Gasteiger partial charge >= 0.3 is 5.97 Å². The van der Waals surface area contributed by atoms with Crippen LogP contribution in [0.1, 0.15) is 60.9 Å². The van der Waals surface area contributed by atoms with Gasteiger partial charge in [-0.2, -0.15) is 0 Å². The smallest absolute Gasteiger partial charge is 0.305 e. The molecule has 1 saturated carbocycles. The predicted molar refractivity (Wildman–Crippen MR) is 96.4 cm³/mol. The summed E-state index contributed by atoms with van der Waals surface area (Å²) >= 11 is 0. The summed E-state index contributed by atoms with van der Waals surface area (Å²) in [4.78, 5) is 26.4. The van der Waals surface area contributed by atoms with Crippen LogP contribution in [0.4, 0.5) is 0 Å². The summed E-state index contributed by atoms with van der Waals surface area (Å²) in [5.41, 5.74) is 3.83. The molecular formula is C21H23NO3. The number of hydrogen-bond acceptors (Lipinski definition) is 4. The Balaban J connectivity index is 1.61. The lowest BCUT2D eigenvalue weighted by atomic mass is 9.82. The van der Waals surface area contributed by atoms with E-state index in [-0.39, 0.29) is 12.1 Å². The number of benzene rings is 1. The third kappa shape index (κ3) is 4.32. The molecule has 1 fully saturated rings. The van der Waals surface area contributed by atoms with E-state index in [1.807, 2.05) is 13.0 Å². The second-order valence-electron chi connectivity index (χ2n) is 6.53. The van der Waals surface area contributed by atoms with E-state index in [0.717, 1.165) is 43.2 Å². The molecular weight excluding hydrogens is 314 g/mol. The minimum Gasteiger partial charge on any atom is -0.462 e. The first-order valence-corrected chi connectivity index (χ1v) is 8.90. The van der Waals surface area contributed by atoms with Crippen LogP contribution in [0, 0.1) is 0 Å². The molecule has 0 N–H and O–H groups in total. The van der Waals surface area contributed by atoms with Crippen molar-refractivity contribution in [1.29, 1.82) is 0 Å². The van der Waals surface area contributed by atoms with Crippen LogP contribution in [0.5, 0.6) is 0 Å². The van der Waals surface area contributed by atoms with Crippen LogP contribution in [0.3, 0.4) is 0 Å². The Labute approximate surface area is 148 Å². The van der Waals surface area contributed by atoms with Crippen molar-refractivity contribution < 1.29 is 14.3 Å². The summed E-state index contributed by atoms with van der Waals surface area (Å²) in [6, 6.07) is 12.1. The van der Waals surface area contributed by atoms with E-state index in [4.69, 9.17) is 4.74 Å². The van der Waals surface area contributed by atoms with E-state index in [2.05, 4.69) is 29.2 Å². The molecule has 0 spiro atoms. The normalized spacial score (nSPS) is 20.0. The second-order valence-corrected chi connectivity index (χ2v) is 6.53. The Morgan fingerprint density at radius 1 is 1.12 bits per heavy atom.